The number of benzene rings is 1. The van der Waals surface area contributed by atoms with Gasteiger partial charge in [0.1, 0.15) is 5.60 Å². The lowest BCUT2D eigenvalue weighted by atomic mass is 9.77. The average molecular weight is 402 g/mol. The van der Waals surface area contributed by atoms with Gasteiger partial charge in [-0.1, -0.05) is 12.2 Å². The summed E-state index contributed by atoms with van der Waals surface area (Å²) < 4.78 is 27.1. The van der Waals surface area contributed by atoms with Gasteiger partial charge in [0.15, 0.2) is 17.8 Å². The van der Waals surface area contributed by atoms with Gasteiger partial charge in [-0.3, -0.25) is 9.59 Å². The summed E-state index contributed by atoms with van der Waals surface area (Å²) in [5.41, 5.74) is -0.0938. The molecule has 4 heterocycles. The Bertz CT molecular complexity index is 884. The van der Waals surface area contributed by atoms with Crippen LogP contribution in [0.1, 0.15) is 0 Å². The predicted octanol–water partition coefficient (Wildman–Crippen LogP) is 0.437. The lowest BCUT2D eigenvalue weighted by Crippen LogP contribution is -2.46. The van der Waals surface area contributed by atoms with Crippen molar-refractivity contribution in [1.29, 1.82) is 0 Å². The van der Waals surface area contributed by atoms with Gasteiger partial charge in [-0.05, 0) is 12.1 Å². The maximum Gasteiger partial charge on any atom is 0.234 e. The summed E-state index contributed by atoms with van der Waals surface area (Å²) in [6, 6.07) is 5.38. The van der Waals surface area contributed by atoms with Crippen LogP contribution in [0.3, 0.4) is 0 Å². The fraction of sp³-hybridized carbons (Fsp3) is 0.500. The fourth-order valence-corrected chi connectivity index (χ4v) is 4.63. The van der Waals surface area contributed by atoms with Crippen molar-refractivity contribution in [2.75, 3.05) is 39.0 Å². The van der Waals surface area contributed by atoms with Crippen molar-refractivity contribution >= 4 is 17.5 Å². The Balaban J connectivity index is 1.38. The van der Waals surface area contributed by atoms with Crippen molar-refractivity contribution < 1.29 is 33.3 Å². The molecule has 1 spiro atoms. The van der Waals surface area contributed by atoms with Crippen LogP contribution in [-0.4, -0.2) is 63.9 Å². The summed E-state index contributed by atoms with van der Waals surface area (Å²) in [7, 11) is 3.00. The number of nitrogens with zero attached hydrogens (tertiary/aromatic N) is 1. The van der Waals surface area contributed by atoms with Crippen LogP contribution in [0, 0.1) is 11.8 Å². The van der Waals surface area contributed by atoms with E-state index in [0.717, 1.165) is 0 Å². The molecule has 2 fully saturated rings. The van der Waals surface area contributed by atoms with Gasteiger partial charge in [0.05, 0.1) is 31.0 Å². The van der Waals surface area contributed by atoms with Gasteiger partial charge in [0.2, 0.25) is 18.6 Å². The van der Waals surface area contributed by atoms with E-state index in [4.69, 9.17) is 23.7 Å². The first kappa shape index (κ1) is 18.4. The molecule has 9 nitrogen and oxygen atoms in total. The molecule has 0 aromatic heterocycles. The fourth-order valence-electron chi connectivity index (χ4n) is 4.63. The van der Waals surface area contributed by atoms with E-state index in [9.17, 15) is 9.59 Å². The molecule has 5 rings (SSSR count). The molecule has 4 aliphatic heterocycles. The minimum absolute atomic E-state index is 0.133. The number of amides is 2. The third kappa shape index (κ3) is 2.72. The van der Waals surface area contributed by atoms with Crippen LogP contribution in [0.2, 0.25) is 0 Å². The van der Waals surface area contributed by atoms with E-state index in [2.05, 4.69) is 5.32 Å². The highest BCUT2D eigenvalue weighted by Crippen LogP contribution is 2.53. The molecule has 0 aliphatic carbocycles. The number of nitrogens with one attached hydrogen (secondary N) is 1. The van der Waals surface area contributed by atoms with E-state index in [1.165, 1.54) is 14.2 Å². The third-order valence-electron chi connectivity index (χ3n) is 6.04. The van der Waals surface area contributed by atoms with Crippen molar-refractivity contribution in [3.8, 4) is 11.5 Å². The molecule has 0 radical (unpaired) electrons. The quantitative estimate of drug-likeness (QED) is 0.545. The van der Waals surface area contributed by atoms with Gasteiger partial charge in [-0.25, -0.2) is 0 Å². The van der Waals surface area contributed by atoms with Crippen molar-refractivity contribution in [2.24, 2.45) is 11.8 Å². The topological polar surface area (TPSA) is 95.6 Å². The van der Waals surface area contributed by atoms with E-state index in [0.29, 0.717) is 23.7 Å². The highest BCUT2D eigenvalue weighted by Gasteiger charge is 2.67. The minimum Gasteiger partial charge on any atom is -0.454 e. The smallest absolute Gasteiger partial charge is 0.234 e. The van der Waals surface area contributed by atoms with Crippen molar-refractivity contribution in [1.82, 2.24) is 5.32 Å². The Morgan fingerprint density at radius 1 is 1.31 bits per heavy atom. The van der Waals surface area contributed by atoms with Crippen LogP contribution < -0.4 is 19.7 Å². The number of ether oxygens (including phenoxy) is 5. The molecule has 2 amide bonds. The maximum atomic E-state index is 13.3. The second kappa shape index (κ2) is 6.72. The van der Waals surface area contributed by atoms with Crippen molar-refractivity contribution in [2.45, 2.75) is 18.0 Å². The largest absolute Gasteiger partial charge is 0.454 e. The Hall–Kier alpha value is -2.62. The number of carbonyl (C=O) groups is 2. The standard InChI is InChI=1S/C20H22N2O7/c1-25-15(26-2)8-21-18(23)16-13-5-6-20(29-13)9-22(19(24)17(16)20)11-3-4-12-14(7-11)28-10-27-12/h3-7,13,15-17H,8-10H2,1-2H3,(H,21,23)/t13-,16?,17?,20-/m1/s1. The number of hydrogen-bond donors (Lipinski definition) is 1. The second-order valence-electron chi connectivity index (χ2n) is 7.51. The molecule has 2 saturated heterocycles. The summed E-state index contributed by atoms with van der Waals surface area (Å²) in [5, 5.41) is 2.82. The molecule has 9 heteroatoms. The summed E-state index contributed by atoms with van der Waals surface area (Å²) in [5.74, 6) is -0.298. The van der Waals surface area contributed by atoms with Crippen LogP contribution in [0.25, 0.3) is 0 Å². The Morgan fingerprint density at radius 3 is 2.90 bits per heavy atom. The zero-order valence-corrected chi connectivity index (χ0v) is 16.1. The average Bonchev–Trinajstić information content (AvgIpc) is 3.48. The van der Waals surface area contributed by atoms with Crippen LogP contribution in [-0.2, 0) is 23.8 Å². The van der Waals surface area contributed by atoms with Crippen molar-refractivity contribution in [3.63, 3.8) is 0 Å². The Morgan fingerprint density at radius 2 is 2.10 bits per heavy atom. The zero-order chi connectivity index (χ0) is 20.2. The van der Waals surface area contributed by atoms with Gasteiger partial charge in [-0.2, -0.15) is 0 Å². The number of methoxy groups -OCH3 is 2. The molecule has 4 atom stereocenters. The second-order valence-corrected chi connectivity index (χ2v) is 7.51. The summed E-state index contributed by atoms with van der Waals surface area (Å²) >= 11 is 0. The Kier molecular flexibility index (Phi) is 4.27. The van der Waals surface area contributed by atoms with E-state index >= 15 is 0 Å². The molecule has 2 unspecified atom stereocenters. The highest BCUT2D eigenvalue weighted by molar-refractivity contribution is 6.03. The molecule has 1 N–H and O–H groups in total. The zero-order valence-electron chi connectivity index (χ0n) is 16.1. The number of carbonyl (C=O) groups excluding carboxylic acids is 2. The normalized spacial score (nSPS) is 31.1. The molecule has 4 aliphatic rings. The molecular weight excluding hydrogens is 380 g/mol. The number of anilines is 1. The molecule has 0 saturated carbocycles. The van der Waals surface area contributed by atoms with Crippen LogP contribution >= 0.6 is 0 Å². The van der Waals surface area contributed by atoms with Crippen LogP contribution in [0.4, 0.5) is 5.69 Å². The maximum absolute atomic E-state index is 13.3. The lowest BCUT2D eigenvalue weighted by Gasteiger charge is -2.24. The molecule has 29 heavy (non-hydrogen) atoms. The summed E-state index contributed by atoms with van der Waals surface area (Å²) in [4.78, 5) is 27.9. The first-order valence-electron chi connectivity index (χ1n) is 9.48. The molecule has 1 aromatic rings. The van der Waals surface area contributed by atoms with Gasteiger partial charge in [0, 0.05) is 26.0 Å². The summed E-state index contributed by atoms with van der Waals surface area (Å²) in [6.07, 6.45) is 2.84. The predicted molar refractivity (Wildman–Crippen MR) is 99.5 cm³/mol. The van der Waals surface area contributed by atoms with Gasteiger partial charge in [-0.15, -0.1) is 0 Å². The highest BCUT2D eigenvalue weighted by atomic mass is 16.7. The summed E-state index contributed by atoms with van der Waals surface area (Å²) in [6.45, 7) is 0.712. The molecule has 154 valence electrons. The molecule has 2 bridgehead atoms. The number of rotatable bonds is 6. The van der Waals surface area contributed by atoms with E-state index in [1.54, 1.807) is 17.0 Å². The Labute approximate surface area is 167 Å². The van der Waals surface area contributed by atoms with E-state index in [-0.39, 0.29) is 25.2 Å². The van der Waals surface area contributed by atoms with Crippen LogP contribution in [0.15, 0.2) is 30.4 Å². The monoisotopic (exact) mass is 402 g/mol. The minimum atomic E-state index is -0.790. The third-order valence-corrected chi connectivity index (χ3v) is 6.04. The molecular formula is C20H22N2O7. The van der Waals surface area contributed by atoms with E-state index < -0.39 is 29.8 Å². The lowest BCUT2D eigenvalue weighted by molar-refractivity contribution is -0.135. The molecule has 1 aromatic carbocycles. The first-order valence-corrected chi connectivity index (χ1v) is 9.48. The van der Waals surface area contributed by atoms with Gasteiger partial charge >= 0.3 is 0 Å². The number of fused-ring (bicyclic) bond motifs is 2. The SMILES string of the molecule is COC(CNC(=O)C1C2C(=O)N(c3ccc4c(c3)OCO4)C[C@]23C=C[C@H]1O3)OC. The first-order chi connectivity index (χ1) is 14.1. The van der Waals surface area contributed by atoms with Gasteiger partial charge in [0.25, 0.3) is 0 Å². The van der Waals surface area contributed by atoms with Crippen LogP contribution in [0.5, 0.6) is 11.5 Å². The van der Waals surface area contributed by atoms with Crippen molar-refractivity contribution in [3.05, 3.63) is 30.4 Å². The van der Waals surface area contributed by atoms with Gasteiger partial charge < -0.3 is 33.9 Å². The van der Waals surface area contributed by atoms with E-state index in [1.807, 2.05) is 18.2 Å². The number of hydrogen-bond acceptors (Lipinski definition) is 7.